The Labute approximate surface area is 197 Å². The summed E-state index contributed by atoms with van der Waals surface area (Å²) in [6, 6.07) is 5.76. The average molecular weight is 521 g/mol. The lowest BCUT2D eigenvalue weighted by Gasteiger charge is -2.35. The van der Waals surface area contributed by atoms with Crippen LogP contribution < -0.4 is 10.6 Å². The van der Waals surface area contributed by atoms with Crippen molar-refractivity contribution >= 4 is 44.7 Å². The molecule has 3 aliphatic rings. The highest BCUT2D eigenvalue weighted by Crippen LogP contribution is 2.60. The number of nitrogens with zero attached hydrogens (tertiary/aromatic N) is 4. The number of para-hydroxylation sites is 1. The molecule has 3 unspecified atom stereocenters. The van der Waals surface area contributed by atoms with E-state index in [4.69, 9.17) is 4.74 Å². The van der Waals surface area contributed by atoms with Gasteiger partial charge in [0.1, 0.15) is 23.8 Å². The first-order valence-corrected chi connectivity index (χ1v) is 11.8. The van der Waals surface area contributed by atoms with E-state index in [0.717, 1.165) is 5.52 Å². The smallest absolute Gasteiger partial charge is 0.247 e. The van der Waals surface area contributed by atoms with Gasteiger partial charge >= 0.3 is 0 Å². The molecule has 12 heteroatoms. The van der Waals surface area contributed by atoms with Crippen molar-refractivity contribution in [3.8, 4) is 0 Å². The number of hydrogen-bond acceptors (Lipinski definition) is 7. The highest BCUT2D eigenvalue weighted by atomic mass is 79.9. The molecule has 0 aliphatic carbocycles. The first kappa shape index (κ1) is 22.2. The zero-order valence-corrected chi connectivity index (χ0v) is 19.7. The van der Waals surface area contributed by atoms with E-state index in [-0.39, 0.29) is 29.9 Å². The second-order valence-corrected chi connectivity index (χ2v) is 10.0. The molecule has 3 N–H and O–H groups in total. The maximum atomic E-state index is 13.6. The molecule has 0 radical (unpaired) electrons. The van der Waals surface area contributed by atoms with Crippen LogP contribution >= 0.6 is 15.9 Å². The molecule has 5 rings (SSSR count). The lowest BCUT2D eigenvalue weighted by atomic mass is 9.70. The molecule has 2 bridgehead atoms. The molecule has 3 fully saturated rings. The Hall–Kier alpha value is -2.57. The summed E-state index contributed by atoms with van der Waals surface area (Å²) in [5.74, 6) is -2.59. The van der Waals surface area contributed by atoms with E-state index in [1.807, 2.05) is 24.3 Å². The first-order chi connectivity index (χ1) is 15.8. The summed E-state index contributed by atoms with van der Waals surface area (Å²) in [5.41, 5.74) is 0.297. The largest absolute Gasteiger partial charge is 0.394 e. The number of aliphatic hydroxyl groups is 1. The molecule has 7 atom stereocenters. The SMILES string of the molecule is CNC(=O)[C@H]1[C@@H]2OC3(CC2Br)C(C(=O)NCn2nnc4ccccc42)N([C@H](C)CO)C(=O)[C@H]13. The van der Waals surface area contributed by atoms with Gasteiger partial charge in [-0.3, -0.25) is 14.4 Å². The molecule has 176 valence electrons. The third-order valence-electron chi connectivity index (χ3n) is 7.09. The Morgan fingerprint density at radius 2 is 2.12 bits per heavy atom. The highest BCUT2D eigenvalue weighted by Gasteiger charge is 2.76. The maximum absolute atomic E-state index is 13.6. The van der Waals surface area contributed by atoms with Crippen LogP contribution in [0.4, 0.5) is 0 Å². The van der Waals surface area contributed by atoms with Crippen molar-refractivity contribution in [3.05, 3.63) is 24.3 Å². The number of fused-ring (bicyclic) bond motifs is 2. The minimum Gasteiger partial charge on any atom is -0.394 e. The van der Waals surface area contributed by atoms with Crippen LogP contribution in [0.3, 0.4) is 0 Å². The van der Waals surface area contributed by atoms with Gasteiger partial charge in [0, 0.05) is 11.9 Å². The van der Waals surface area contributed by atoms with E-state index >= 15 is 0 Å². The number of carbonyl (C=O) groups is 3. The second-order valence-electron chi connectivity index (χ2n) is 8.83. The minimum absolute atomic E-state index is 0.0478. The fraction of sp³-hybridized carbons (Fsp3) is 0.571. The summed E-state index contributed by atoms with van der Waals surface area (Å²) in [4.78, 5) is 41.1. The Morgan fingerprint density at radius 1 is 1.36 bits per heavy atom. The number of likely N-dealkylation sites (tertiary alicyclic amines) is 1. The topological polar surface area (TPSA) is 139 Å². The first-order valence-electron chi connectivity index (χ1n) is 10.9. The zero-order chi connectivity index (χ0) is 23.5. The van der Waals surface area contributed by atoms with Crippen molar-refractivity contribution in [2.24, 2.45) is 11.8 Å². The van der Waals surface area contributed by atoms with Gasteiger partial charge in [0.2, 0.25) is 17.7 Å². The molecule has 1 aromatic heterocycles. The zero-order valence-electron chi connectivity index (χ0n) is 18.1. The number of aliphatic hydroxyl groups excluding tert-OH is 1. The van der Waals surface area contributed by atoms with Crippen LogP contribution in [0.15, 0.2) is 24.3 Å². The minimum atomic E-state index is -1.16. The number of amides is 3. The Morgan fingerprint density at radius 3 is 2.85 bits per heavy atom. The van der Waals surface area contributed by atoms with Crippen molar-refractivity contribution in [1.29, 1.82) is 0 Å². The molecule has 4 heterocycles. The number of rotatable bonds is 6. The van der Waals surface area contributed by atoms with Crippen LogP contribution in [0.25, 0.3) is 11.0 Å². The quantitative estimate of drug-likeness (QED) is 0.431. The van der Waals surface area contributed by atoms with E-state index in [1.54, 1.807) is 11.6 Å². The number of aromatic nitrogens is 3. The van der Waals surface area contributed by atoms with Crippen molar-refractivity contribution in [3.63, 3.8) is 0 Å². The summed E-state index contributed by atoms with van der Waals surface area (Å²) < 4.78 is 7.88. The van der Waals surface area contributed by atoms with Gasteiger partial charge in [-0.05, 0) is 25.5 Å². The summed E-state index contributed by atoms with van der Waals surface area (Å²) in [5, 5.41) is 23.5. The van der Waals surface area contributed by atoms with Gasteiger partial charge in [-0.2, -0.15) is 0 Å². The standard InChI is InChI=1S/C21H25BrN6O5/c1-10(8-29)28-17(19(31)24-9-27-13-6-4-3-5-12(13)25-26-27)21-7-11(22)16(33-21)14(18(30)23-2)15(21)20(28)32/h3-6,10-11,14-17,29H,7-9H2,1-2H3,(H,23,30)(H,24,31)/t10-,11?,14-,15+,16-,17?,21?/m1/s1. The number of carbonyl (C=O) groups excluding carboxylic acids is 3. The van der Waals surface area contributed by atoms with Gasteiger partial charge < -0.3 is 25.4 Å². The van der Waals surface area contributed by atoms with Crippen molar-refractivity contribution in [2.45, 2.75) is 48.6 Å². The predicted molar refractivity (Wildman–Crippen MR) is 119 cm³/mol. The number of hydrogen-bond donors (Lipinski definition) is 3. The summed E-state index contributed by atoms with van der Waals surface area (Å²) in [7, 11) is 1.52. The molecular formula is C21H25BrN6O5. The Kier molecular flexibility index (Phi) is 5.41. The van der Waals surface area contributed by atoms with Gasteiger partial charge in [-0.25, -0.2) is 4.68 Å². The molecule has 1 aromatic carbocycles. The number of alkyl halides is 1. The lowest BCUT2D eigenvalue weighted by Crippen LogP contribution is -2.58. The van der Waals surface area contributed by atoms with Gasteiger partial charge in [-0.15, -0.1) is 5.10 Å². The van der Waals surface area contributed by atoms with Crippen LogP contribution in [0.2, 0.25) is 0 Å². The van der Waals surface area contributed by atoms with E-state index in [1.165, 1.54) is 11.9 Å². The molecule has 3 amide bonds. The summed E-state index contributed by atoms with van der Waals surface area (Å²) in [6.45, 7) is 1.40. The van der Waals surface area contributed by atoms with E-state index < -0.39 is 41.5 Å². The van der Waals surface area contributed by atoms with Gasteiger partial charge in [0.05, 0.1) is 36.1 Å². The summed E-state index contributed by atoms with van der Waals surface area (Å²) in [6.07, 6.45) is -0.111. The van der Waals surface area contributed by atoms with Crippen molar-refractivity contribution in [2.75, 3.05) is 13.7 Å². The maximum Gasteiger partial charge on any atom is 0.247 e. The fourth-order valence-electron chi connectivity index (χ4n) is 5.68. The second kappa shape index (κ2) is 8.03. The van der Waals surface area contributed by atoms with E-state index in [9.17, 15) is 19.5 Å². The van der Waals surface area contributed by atoms with Crippen LogP contribution in [-0.2, 0) is 25.8 Å². The molecule has 3 aliphatic heterocycles. The molecule has 0 saturated carbocycles. The monoisotopic (exact) mass is 520 g/mol. The van der Waals surface area contributed by atoms with Gasteiger partial charge in [-0.1, -0.05) is 33.3 Å². The normalized spacial score (nSPS) is 33.4. The molecular weight excluding hydrogens is 496 g/mol. The number of nitrogens with one attached hydrogen (secondary N) is 2. The lowest BCUT2D eigenvalue weighted by molar-refractivity contribution is -0.145. The number of halogens is 1. The Balaban J connectivity index is 1.48. The van der Waals surface area contributed by atoms with E-state index in [0.29, 0.717) is 11.9 Å². The van der Waals surface area contributed by atoms with E-state index in [2.05, 4.69) is 36.9 Å². The van der Waals surface area contributed by atoms with Gasteiger partial charge in [0.15, 0.2) is 0 Å². The molecule has 2 aromatic rings. The average Bonchev–Trinajstić information content (AvgIpc) is 3.53. The van der Waals surface area contributed by atoms with Crippen LogP contribution in [0, 0.1) is 11.8 Å². The molecule has 3 saturated heterocycles. The highest BCUT2D eigenvalue weighted by molar-refractivity contribution is 9.09. The van der Waals surface area contributed by atoms with Crippen LogP contribution in [-0.4, -0.2) is 85.0 Å². The van der Waals surface area contributed by atoms with Crippen molar-refractivity contribution in [1.82, 2.24) is 30.5 Å². The number of benzene rings is 1. The summed E-state index contributed by atoms with van der Waals surface area (Å²) >= 11 is 3.59. The van der Waals surface area contributed by atoms with Gasteiger partial charge in [0.25, 0.3) is 0 Å². The molecule has 1 spiro atoms. The third-order valence-corrected chi connectivity index (χ3v) is 7.93. The van der Waals surface area contributed by atoms with Crippen LogP contribution in [0.1, 0.15) is 13.3 Å². The molecule has 11 nitrogen and oxygen atoms in total. The third kappa shape index (κ3) is 3.11. The van der Waals surface area contributed by atoms with Crippen LogP contribution in [0.5, 0.6) is 0 Å². The molecule has 33 heavy (non-hydrogen) atoms. The fourth-order valence-corrected chi connectivity index (χ4v) is 6.62. The number of ether oxygens (including phenoxy) is 1. The predicted octanol–water partition coefficient (Wildman–Crippen LogP) is -0.620. The Bertz CT molecular complexity index is 1130. The van der Waals surface area contributed by atoms with Crippen molar-refractivity contribution < 1.29 is 24.2 Å².